The molecule has 0 spiro atoms. The van der Waals surface area contributed by atoms with Crippen molar-refractivity contribution in [1.82, 2.24) is 15.4 Å². The van der Waals surface area contributed by atoms with Gasteiger partial charge in [-0.3, -0.25) is 15.0 Å². The Bertz CT molecular complexity index is 812. The van der Waals surface area contributed by atoms with Crippen LogP contribution in [0.25, 0.3) is 6.08 Å². The van der Waals surface area contributed by atoms with Gasteiger partial charge in [0.05, 0.1) is 4.91 Å². The first-order chi connectivity index (χ1) is 11.1. The fourth-order valence-electron chi connectivity index (χ4n) is 2.13. The maximum atomic E-state index is 12.4. The van der Waals surface area contributed by atoms with Crippen LogP contribution in [0.2, 0.25) is 0 Å². The van der Waals surface area contributed by atoms with Gasteiger partial charge < -0.3 is 4.98 Å². The van der Waals surface area contributed by atoms with E-state index in [1.165, 1.54) is 0 Å². The lowest BCUT2D eigenvalue weighted by Gasteiger charge is -2.16. The summed E-state index contributed by atoms with van der Waals surface area (Å²) in [7, 11) is 0. The number of benzene rings is 1. The van der Waals surface area contributed by atoms with Crippen LogP contribution < -0.4 is 5.43 Å². The predicted octanol–water partition coefficient (Wildman–Crippen LogP) is 2.87. The highest BCUT2D eigenvalue weighted by molar-refractivity contribution is 8.26. The molecule has 3 rings (SSSR count). The molecule has 2 aromatic rings. The number of hydrogen-bond acceptors (Lipinski definition) is 4. The number of carbonyl (C=O) groups is 2. The molecule has 1 aromatic heterocycles. The topological polar surface area (TPSA) is 65.2 Å². The van der Waals surface area contributed by atoms with Crippen molar-refractivity contribution in [2.45, 2.75) is 6.92 Å². The third-order valence-corrected chi connectivity index (χ3v) is 4.61. The minimum absolute atomic E-state index is 0.301. The number of rotatable bonds is 3. The van der Waals surface area contributed by atoms with Crippen molar-refractivity contribution in [1.29, 1.82) is 0 Å². The fourth-order valence-corrected chi connectivity index (χ4v) is 3.30. The molecule has 0 bridgehead atoms. The van der Waals surface area contributed by atoms with Gasteiger partial charge in [0.2, 0.25) is 0 Å². The minimum atomic E-state index is -0.361. The number of aromatic amines is 1. The Balaban J connectivity index is 1.79. The van der Waals surface area contributed by atoms with Crippen LogP contribution in [0.3, 0.4) is 0 Å². The molecule has 0 radical (unpaired) electrons. The monoisotopic (exact) mass is 343 g/mol. The number of hydrogen-bond donors (Lipinski definition) is 2. The molecule has 0 saturated carbocycles. The number of aromatic nitrogens is 1. The maximum Gasteiger partial charge on any atom is 0.285 e. The molecule has 1 aliphatic heterocycles. The standard InChI is InChI=1S/C16H13N3O2S2/c1-10-5-2-3-7-12(10)14(20)18-19-15(21)13(23-16(19)22)9-11-6-4-8-17-11/h2-9,17H,1H3,(H,18,20). The van der Waals surface area contributed by atoms with E-state index in [-0.39, 0.29) is 11.8 Å². The first-order valence-electron chi connectivity index (χ1n) is 6.84. The highest BCUT2D eigenvalue weighted by Gasteiger charge is 2.34. The van der Waals surface area contributed by atoms with Gasteiger partial charge in [-0.15, -0.1) is 0 Å². The van der Waals surface area contributed by atoms with Crippen LogP contribution in [0, 0.1) is 6.92 Å². The summed E-state index contributed by atoms with van der Waals surface area (Å²) >= 11 is 6.35. The summed E-state index contributed by atoms with van der Waals surface area (Å²) in [4.78, 5) is 28.2. The van der Waals surface area contributed by atoms with E-state index in [4.69, 9.17) is 12.2 Å². The van der Waals surface area contributed by atoms with E-state index in [0.29, 0.717) is 14.8 Å². The van der Waals surface area contributed by atoms with Crippen LogP contribution in [0.1, 0.15) is 21.6 Å². The summed E-state index contributed by atoms with van der Waals surface area (Å²) in [6, 6.07) is 10.9. The van der Waals surface area contributed by atoms with Gasteiger partial charge in [-0.1, -0.05) is 30.0 Å². The number of thioether (sulfide) groups is 1. The smallest absolute Gasteiger partial charge is 0.285 e. The second-order valence-corrected chi connectivity index (χ2v) is 6.57. The Kier molecular flexibility index (Phi) is 4.31. The zero-order valence-electron chi connectivity index (χ0n) is 12.2. The molecular formula is C16H13N3O2S2. The van der Waals surface area contributed by atoms with Crippen LogP contribution >= 0.6 is 24.0 Å². The van der Waals surface area contributed by atoms with E-state index >= 15 is 0 Å². The summed E-state index contributed by atoms with van der Waals surface area (Å²) in [5.74, 6) is -0.697. The summed E-state index contributed by atoms with van der Waals surface area (Å²) in [5.41, 5.74) is 4.72. The summed E-state index contributed by atoms with van der Waals surface area (Å²) in [5, 5.41) is 1.11. The van der Waals surface area contributed by atoms with Gasteiger partial charge in [0.1, 0.15) is 0 Å². The molecule has 2 N–H and O–H groups in total. The van der Waals surface area contributed by atoms with Gasteiger partial charge in [0.15, 0.2) is 4.32 Å². The lowest BCUT2D eigenvalue weighted by molar-refractivity contribution is -0.123. The zero-order chi connectivity index (χ0) is 16.4. The van der Waals surface area contributed by atoms with E-state index in [1.807, 2.05) is 31.2 Å². The Hall–Kier alpha value is -2.38. The van der Waals surface area contributed by atoms with Gasteiger partial charge in [0.25, 0.3) is 11.8 Å². The van der Waals surface area contributed by atoms with Crippen molar-refractivity contribution < 1.29 is 9.59 Å². The van der Waals surface area contributed by atoms with Crippen molar-refractivity contribution in [2.75, 3.05) is 0 Å². The quantitative estimate of drug-likeness (QED) is 0.664. The highest BCUT2D eigenvalue weighted by Crippen LogP contribution is 2.31. The first kappa shape index (κ1) is 15.5. The van der Waals surface area contributed by atoms with Gasteiger partial charge in [-0.2, -0.15) is 5.01 Å². The Morgan fingerprint density at radius 1 is 1.30 bits per heavy atom. The fraction of sp³-hybridized carbons (Fsp3) is 0.0625. The maximum absolute atomic E-state index is 12.4. The van der Waals surface area contributed by atoms with Gasteiger partial charge in [0, 0.05) is 17.5 Å². The number of H-pyrrole nitrogens is 1. The lowest BCUT2D eigenvalue weighted by atomic mass is 10.1. The van der Waals surface area contributed by atoms with Gasteiger partial charge in [-0.25, -0.2) is 0 Å². The first-order valence-corrected chi connectivity index (χ1v) is 8.06. The predicted molar refractivity (Wildman–Crippen MR) is 94.4 cm³/mol. The number of hydrazine groups is 1. The normalized spacial score (nSPS) is 16.2. The average molecular weight is 343 g/mol. The molecule has 0 unspecified atom stereocenters. The molecule has 7 heteroatoms. The van der Waals surface area contributed by atoms with Crippen LogP contribution in [-0.2, 0) is 4.79 Å². The molecule has 0 atom stereocenters. The lowest BCUT2D eigenvalue weighted by Crippen LogP contribution is -2.45. The third-order valence-electron chi connectivity index (χ3n) is 3.31. The summed E-state index contributed by atoms with van der Waals surface area (Å²) in [6.07, 6.45) is 3.48. The molecule has 2 heterocycles. The third kappa shape index (κ3) is 3.20. The van der Waals surface area contributed by atoms with Crippen molar-refractivity contribution >= 4 is 46.2 Å². The summed E-state index contributed by atoms with van der Waals surface area (Å²) in [6.45, 7) is 1.84. The highest BCUT2D eigenvalue weighted by atomic mass is 32.2. The van der Waals surface area contributed by atoms with Crippen molar-refractivity contribution in [3.05, 3.63) is 64.3 Å². The molecule has 23 heavy (non-hydrogen) atoms. The number of nitrogens with one attached hydrogen (secondary N) is 2. The molecule has 116 valence electrons. The molecule has 5 nitrogen and oxygen atoms in total. The Morgan fingerprint density at radius 2 is 2.09 bits per heavy atom. The minimum Gasteiger partial charge on any atom is -0.362 e. The average Bonchev–Trinajstić information content (AvgIpc) is 3.12. The van der Waals surface area contributed by atoms with E-state index in [9.17, 15) is 9.59 Å². The molecule has 2 amide bonds. The second kappa shape index (κ2) is 6.39. The van der Waals surface area contributed by atoms with Crippen LogP contribution in [-0.4, -0.2) is 26.1 Å². The number of nitrogens with zero attached hydrogens (tertiary/aromatic N) is 1. The summed E-state index contributed by atoms with van der Waals surface area (Å²) < 4.78 is 0.301. The molecule has 1 saturated heterocycles. The van der Waals surface area contributed by atoms with Crippen molar-refractivity contribution in [2.24, 2.45) is 0 Å². The van der Waals surface area contributed by atoms with Crippen LogP contribution in [0.4, 0.5) is 0 Å². The molecule has 1 aliphatic rings. The van der Waals surface area contributed by atoms with E-state index < -0.39 is 0 Å². The molecule has 1 fully saturated rings. The largest absolute Gasteiger partial charge is 0.362 e. The molecule has 1 aromatic carbocycles. The molecular weight excluding hydrogens is 330 g/mol. The molecule has 0 aliphatic carbocycles. The van der Waals surface area contributed by atoms with Gasteiger partial charge >= 0.3 is 0 Å². The van der Waals surface area contributed by atoms with Crippen LogP contribution in [0.5, 0.6) is 0 Å². The number of aryl methyl sites for hydroxylation is 1. The zero-order valence-corrected chi connectivity index (χ0v) is 13.8. The number of carbonyl (C=O) groups excluding carboxylic acids is 2. The Labute approximate surface area is 142 Å². The number of thiocarbonyl (C=S) groups is 1. The second-order valence-electron chi connectivity index (χ2n) is 4.90. The Morgan fingerprint density at radius 3 is 2.78 bits per heavy atom. The van der Waals surface area contributed by atoms with E-state index in [2.05, 4.69) is 10.4 Å². The van der Waals surface area contributed by atoms with Crippen molar-refractivity contribution in [3.63, 3.8) is 0 Å². The van der Waals surface area contributed by atoms with Gasteiger partial charge in [-0.05, 0) is 49.0 Å². The van der Waals surface area contributed by atoms with E-state index in [0.717, 1.165) is 28.0 Å². The van der Waals surface area contributed by atoms with Crippen molar-refractivity contribution in [3.8, 4) is 0 Å². The SMILES string of the molecule is Cc1ccccc1C(=O)NN1C(=O)C(=Cc2ccc[nH]2)SC1=S. The number of amides is 2. The van der Waals surface area contributed by atoms with Crippen LogP contribution in [0.15, 0.2) is 47.5 Å². The van der Waals surface area contributed by atoms with E-state index in [1.54, 1.807) is 24.4 Å².